The first-order valence-corrected chi connectivity index (χ1v) is 8.83. The van der Waals surface area contributed by atoms with E-state index in [2.05, 4.69) is 22.3 Å². The van der Waals surface area contributed by atoms with E-state index in [1.165, 1.54) is 11.3 Å². The number of aromatic nitrogens is 3. The molecule has 5 nitrogen and oxygen atoms in total. The van der Waals surface area contributed by atoms with E-state index in [0.29, 0.717) is 21.3 Å². The van der Waals surface area contributed by atoms with Crippen LogP contribution in [-0.2, 0) is 6.54 Å². The zero-order valence-corrected chi connectivity index (χ0v) is 15.0. The van der Waals surface area contributed by atoms with Crippen LogP contribution in [-0.4, -0.2) is 20.7 Å². The predicted molar refractivity (Wildman–Crippen MR) is 97.8 cm³/mol. The fourth-order valence-corrected chi connectivity index (χ4v) is 3.47. The van der Waals surface area contributed by atoms with Crippen LogP contribution < -0.4 is 5.32 Å². The van der Waals surface area contributed by atoms with E-state index < -0.39 is 0 Å². The van der Waals surface area contributed by atoms with Crippen LogP contribution in [0.5, 0.6) is 0 Å². The third kappa shape index (κ3) is 3.66. The standard InChI is InChI=1S/C17H17ClN4OS/c1-3-7-22-10-14(9-19-22)21-16(23)15-11(2)20-17(24-15)12-5-4-6-13(18)8-12/h4-6,8-10H,3,7H2,1-2H3,(H,21,23). The fraction of sp³-hybridized carbons (Fsp3) is 0.235. The van der Waals surface area contributed by atoms with Crippen molar-refractivity contribution < 1.29 is 4.79 Å². The van der Waals surface area contributed by atoms with Gasteiger partial charge in [-0.05, 0) is 25.5 Å². The molecule has 0 atom stereocenters. The molecule has 0 aliphatic rings. The summed E-state index contributed by atoms with van der Waals surface area (Å²) >= 11 is 7.38. The summed E-state index contributed by atoms with van der Waals surface area (Å²) in [6.07, 6.45) is 4.48. The van der Waals surface area contributed by atoms with Crippen molar-refractivity contribution in [1.82, 2.24) is 14.8 Å². The van der Waals surface area contributed by atoms with Crippen LogP contribution in [0.4, 0.5) is 5.69 Å². The molecule has 0 aliphatic carbocycles. The van der Waals surface area contributed by atoms with Crippen LogP contribution >= 0.6 is 22.9 Å². The van der Waals surface area contributed by atoms with Gasteiger partial charge >= 0.3 is 0 Å². The Morgan fingerprint density at radius 2 is 2.25 bits per heavy atom. The Labute approximate surface area is 149 Å². The minimum atomic E-state index is -0.172. The van der Waals surface area contributed by atoms with Gasteiger partial charge in [-0.25, -0.2) is 4.98 Å². The lowest BCUT2D eigenvalue weighted by Crippen LogP contribution is -2.11. The maximum absolute atomic E-state index is 12.5. The smallest absolute Gasteiger partial charge is 0.267 e. The molecular formula is C17H17ClN4OS. The number of aryl methyl sites for hydroxylation is 2. The average molecular weight is 361 g/mol. The number of carbonyl (C=O) groups excluding carboxylic acids is 1. The Kier molecular flexibility index (Phi) is 4.97. The molecule has 1 aromatic carbocycles. The summed E-state index contributed by atoms with van der Waals surface area (Å²) < 4.78 is 1.81. The first kappa shape index (κ1) is 16.7. The van der Waals surface area contributed by atoms with Gasteiger partial charge in [-0.1, -0.05) is 30.7 Å². The number of rotatable bonds is 5. The van der Waals surface area contributed by atoms with Gasteiger partial charge in [0.25, 0.3) is 5.91 Å². The van der Waals surface area contributed by atoms with E-state index in [1.807, 2.05) is 42.1 Å². The summed E-state index contributed by atoms with van der Waals surface area (Å²) in [4.78, 5) is 17.6. The molecule has 1 N–H and O–H groups in total. The van der Waals surface area contributed by atoms with Crippen molar-refractivity contribution >= 4 is 34.5 Å². The summed E-state index contributed by atoms with van der Waals surface area (Å²) in [7, 11) is 0. The molecule has 0 saturated carbocycles. The molecule has 3 rings (SSSR count). The second kappa shape index (κ2) is 7.15. The van der Waals surface area contributed by atoms with Crippen LogP contribution in [0.2, 0.25) is 5.02 Å². The van der Waals surface area contributed by atoms with E-state index in [0.717, 1.165) is 23.5 Å². The molecular weight excluding hydrogens is 344 g/mol. The molecule has 124 valence electrons. The topological polar surface area (TPSA) is 59.8 Å². The normalized spacial score (nSPS) is 10.8. The lowest BCUT2D eigenvalue weighted by molar-refractivity contribution is 0.103. The Morgan fingerprint density at radius 3 is 3.00 bits per heavy atom. The van der Waals surface area contributed by atoms with Crippen molar-refractivity contribution in [2.24, 2.45) is 0 Å². The third-order valence-electron chi connectivity index (χ3n) is 3.42. The van der Waals surface area contributed by atoms with Crippen LogP contribution in [0, 0.1) is 6.92 Å². The molecule has 0 aliphatic heterocycles. The highest BCUT2D eigenvalue weighted by Gasteiger charge is 2.17. The molecule has 0 bridgehead atoms. The number of amides is 1. The Hall–Kier alpha value is -2.18. The van der Waals surface area contributed by atoms with Crippen molar-refractivity contribution in [3.05, 3.63) is 52.3 Å². The number of anilines is 1. The van der Waals surface area contributed by atoms with E-state index in [9.17, 15) is 4.79 Å². The molecule has 2 aromatic heterocycles. The van der Waals surface area contributed by atoms with Gasteiger partial charge in [0.05, 0.1) is 17.6 Å². The Bertz CT molecular complexity index is 871. The summed E-state index contributed by atoms with van der Waals surface area (Å²) in [5.41, 5.74) is 2.30. The molecule has 3 aromatic rings. The lowest BCUT2D eigenvalue weighted by atomic mass is 10.2. The van der Waals surface area contributed by atoms with Gasteiger partial charge in [-0.2, -0.15) is 5.10 Å². The summed E-state index contributed by atoms with van der Waals surface area (Å²) in [5.74, 6) is -0.172. The first-order chi connectivity index (χ1) is 11.6. The highest BCUT2D eigenvalue weighted by molar-refractivity contribution is 7.17. The van der Waals surface area contributed by atoms with Gasteiger partial charge in [0, 0.05) is 23.3 Å². The molecule has 0 saturated heterocycles. The monoisotopic (exact) mass is 360 g/mol. The van der Waals surface area contributed by atoms with Crippen LogP contribution in [0.1, 0.15) is 28.7 Å². The number of carbonyl (C=O) groups is 1. The summed E-state index contributed by atoms with van der Waals surface area (Å²) in [6, 6.07) is 7.46. The SMILES string of the molecule is CCCn1cc(NC(=O)c2sc(-c3cccc(Cl)c3)nc2C)cn1. The predicted octanol–water partition coefficient (Wildman–Crippen LogP) is 4.63. The average Bonchev–Trinajstić information content (AvgIpc) is 3.14. The van der Waals surface area contributed by atoms with Crippen LogP contribution in [0.25, 0.3) is 10.6 Å². The highest BCUT2D eigenvalue weighted by Crippen LogP contribution is 2.29. The maximum atomic E-state index is 12.5. The molecule has 7 heteroatoms. The largest absolute Gasteiger partial charge is 0.319 e. The quantitative estimate of drug-likeness (QED) is 0.721. The van der Waals surface area contributed by atoms with Gasteiger partial charge in [-0.3, -0.25) is 9.48 Å². The number of benzene rings is 1. The van der Waals surface area contributed by atoms with Crippen LogP contribution in [0.15, 0.2) is 36.7 Å². The van der Waals surface area contributed by atoms with E-state index in [-0.39, 0.29) is 5.91 Å². The van der Waals surface area contributed by atoms with Gasteiger partial charge < -0.3 is 5.32 Å². The number of halogens is 1. The van der Waals surface area contributed by atoms with Crippen molar-refractivity contribution in [1.29, 1.82) is 0 Å². The summed E-state index contributed by atoms with van der Waals surface area (Å²) in [6.45, 7) is 4.74. The molecule has 0 unspecified atom stereocenters. The van der Waals surface area contributed by atoms with Gasteiger partial charge in [0.2, 0.25) is 0 Å². The number of nitrogens with one attached hydrogen (secondary N) is 1. The minimum Gasteiger partial charge on any atom is -0.319 e. The molecule has 2 heterocycles. The molecule has 1 amide bonds. The number of nitrogens with zero attached hydrogens (tertiary/aromatic N) is 3. The first-order valence-electron chi connectivity index (χ1n) is 7.64. The highest BCUT2D eigenvalue weighted by atomic mass is 35.5. The van der Waals surface area contributed by atoms with E-state index in [4.69, 9.17) is 11.6 Å². The maximum Gasteiger partial charge on any atom is 0.267 e. The zero-order chi connectivity index (χ0) is 17.1. The second-order valence-corrected chi connectivity index (χ2v) is 6.83. The van der Waals surface area contributed by atoms with E-state index >= 15 is 0 Å². The van der Waals surface area contributed by atoms with Crippen molar-refractivity contribution in [3.8, 4) is 10.6 Å². The molecule has 0 spiro atoms. The van der Waals surface area contributed by atoms with Gasteiger partial charge in [0.15, 0.2) is 0 Å². The molecule has 0 fully saturated rings. The summed E-state index contributed by atoms with van der Waals surface area (Å²) in [5, 5.41) is 8.52. The molecule has 0 radical (unpaired) electrons. The van der Waals surface area contributed by atoms with Crippen molar-refractivity contribution in [3.63, 3.8) is 0 Å². The minimum absolute atomic E-state index is 0.172. The van der Waals surface area contributed by atoms with Gasteiger partial charge in [0.1, 0.15) is 9.88 Å². The Balaban J connectivity index is 1.80. The third-order valence-corrected chi connectivity index (χ3v) is 4.86. The Morgan fingerprint density at radius 1 is 1.42 bits per heavy atom. The number of thiazole rings is 1. The number of hydrogen-bond donors (Lipinski definition) is 1. The van der Waals surface area contributed by atoms with Crippen molar-refractivity contribution in [2.45, 2.75) is 26.8 Å². The zero-order valence-electron chi connectivity index (χ0n) is 13.4. The number of hydrogen-bond acceptors (Lipinski definition) is 4. The van der Waals surface area contributed by atoms with E-state index in [1.54, 1.807) is 6.20 Å². The molecule has 24 heavy (non-hydrogen) atoms. The lowest BCUT2D eigenvalue weighted by Gasteiger charge is -2.00. The second-order valence-electron chi connectivity index (χ2n) is 5.39. The van der Waals surface area contributed by atoms with Gasteiger partial charge in [-0.15, -0.1) is 11.3 Å². The fourth-order valence-electron chi connectivity index (χ4n) is 2.32. The van der Waals surface area contributed by atoms with Crippen LogP contribution in [0.3, 0.4) is 0 Å². The van der Waals surface area contributed by atoms with Crippen molar-refractivity contribution in [2.75, 3.05) is 5.32 Å².